The monoisotopic (exact) mass is 259 g/mol. The predicted molar refractivity (Wildman–Crippen MR) is 75.2 cm³/mol. The SMILES string of the molecule is CCCCCCC(C)N1C(=O)c2ccccc2C1=O. The topological polar surface area (TPSA) is 37.4 Å². The van der Waals surface area contributed by atoms with Crippen molar-refractivity contribution in [3.63, 3.8) is 0 Å². The zero-order valence-electron chi connectivity index (χ0n) is 11.7. The average molecular weight is 259 g/mol. The first-order chi connectivity index (χ1) is 9.16. The second-order valence-corrected chi connectivity index (χ2v) is 5.22. The molecule has 1 aliphatic rings. The molecule has 3 nitrogen and oxygen atoms in total. The van der Waals surface area contributed by atoms with E-state index in [0.29, 0.717) is 11.1 Å². The van der Waals surface area contributed by atoms with Crippen molar-refractivity contribution in [3.8, 4) is 0 Å². The lowest BCUT2D eigenvalue weighted by molar-refractivity contribution is 0.0588. The summed E-state index contributed by atoms with van der Waals surface area (Å²) < 4.78 is 0. The average Bonchev–Trinajstić information content (AvgIpc) is 2.68. The highest BCUT2D eigenvalue weighted by Gasteiger charge is 2.37. The number of carbonyl (C=O) groups excluding carboxylic acids is 2. The van der Waals surface area contributed by atoms with Crippen LogP contribution in [0.4, 0.5) is 0 Å². The second-order valence-electron chi connectivity index (χ2n) is 5.22. The van der Waals surface area contributed by atoms with E-state index in [1.54, 1.807) is 24.3 Å². The highest BCUT2D eigenvalue weighted by Crippen LogP contribution is 2.26. The number of amides is 2. The van der Waals surface area contributed by atoms with Crippen molar-refractivity contribution in [2.75, 3.05) is 0 Å². The van der Waals surface area contributed by atoms with E-state index >= 15 is 0 Å². The number of hydrogen-bond acceptors (Lipinski definition) is 2. The molecule has 2 amide bonds. The number of hydrogen-bond donors (Lipinski definition) is 0. The van der Waals surface area contributed by atoms with E-state index in [0.717, 1.165) is 12.8 Å². The first-order valence-electron chi connectivity index (χ1n) is 7.13. The van der Waals surface area contributed by atoms with E-state index in [1.165, 1.54) is 24.2 Å². The van der Waals surface area contributed by atoms with Crippen LogP contribution in [-0.2, 0) is 0 Å². The molecule has 0 saturated carbocycles. The fourth-order valence-corrected chi connectivity index (χ4v) is 2.60. The molecule has 0 spiro atoms. The van der Waals surface area contributed by atoms with Crippen LogP contribution in [-0.4, -0.2) is 22.8 Å². The Bertz CT molecular complexity index is 446. The normalized spacial score (nSPS) is 15.8. The summed E-state index contributed by atoms with van der Waals surface area (Å²) in [5.41, 5.74) is 1.10. The van der Waals surface area contributed by atoms with E-state index in [2.05, 4.69) is 6.92 Å². The number of fused-ring (bicyclic) bond motifs is 1. The minimum absolute atomic E-state index is 0.00995. The van der Waals surface area contributed by atoms with E-state index in [9.17, 15) is 9.59 Å². The Morgan fingerprint density at radius 1 is 1.00 bits per heavy atom. The molecular formula is C16H21NO2. The molecule has 1 atom stereocenters. The zero-order chi connectivity index (χ0) is 13.8. The highest BCUT2D eigenvalue weighted by atomic mass is 16.2. The standard InChI is InChI=1S/C16H21NO2/c1-3-4-5-6-9-12(2)17-15(18)13-10-7-8-11-14(13)16(17)19/h7-8,10-12H,3-6,9H2,1-2H3. The Labute approximate surface area is 114 Å². The van der Waals surface area contributed by atoms with Crippen LogP contribution >= 0.6 is 0 Å². The molecule has 1 unspecified atom stereocenters. The van der Waals surface area contributed by atoms with Crippen LogP contribution in [0.15, 0.2) is 24.3 Å². The number of unbranched alkanes of at least 4 members (excludes halogenated alkanes) is 3. The summed E-state index contributed by atoms with van der Waals surface area (Å²) in [6, 6.07) is 7.07. The Morgan fingerprint density at radius 2 is 1.58 bits per heavy atom. The van der Waals surface area contributed by atoms with Gasteiger partial charge in [0.15, 0.2) is 0 Å². The summed E-state index contributed by atoms with van der Waals surface area (Å²) in [7, 11) is 0. The summed E-state index contributed by atoms with van der Waals surface area (Å²) in [5, 5.41) is 0. The summed E-state index contributed by atoms with van der Waals surface area (Å²) in [4.78, 5) is 25.9. The molecule has 1 aromatic carbocycles. The van der Waals surface area contributed by atoms with Gasteiger partial charge >= 0.3 is 0 Å². The van der Waals surface area contributed by atoms with E-state index in [1.807, 2.05) is 6.92 Å². The molecule has 0 aromatic heterocycles. The van der Waals surface area contributed by atoms with E-state index in [4.69, 9.17) is 0 Å². The summed E-state index contributed by atoms with van der Waals surface area (Å²) >= 11 is 0. The van der Waals surface area contributed by atoms with Gasteiger partial charge in [0, 0.05) is 6.04 Å². The van der Waals surface area contributed by atoms with Crippen LogP contribution < -0.4 is 0 Å². The third-order valence-electron chi connectivity index (χ3n) is 3.74. The number of benzene rings is 1. The van der Waals surface area contributed by atoms with Crippen molar-refractivity contribution in [3.05, 3.63) is 35.4 Å². The molecule has 0 N–H and O–H groups in total. The molecule has 0 bridgehead atoms. The molecule has 19 heavy (non-hydrogen) atoms. The van der Waals surface area contributed by atoms with Crippen LogP contribution in [0, 0.1) is 0 Å². The van der Waals surface area contributed by atoms with E-state index < -0.39 is 0 Å². The van der Waals surface area contributed by atoms with Gasteiger partial charge in [-0.3, -0.25) is 14.5 Å². The Morgan fingerprint density at radius 3 is 2.11 bits per heavy atom. The zero-order valence-corrected chi connectivity index (χ0v) is 11.7. The van der Waals surface area contributed by atoms with Gasteiger partial charge in [0.2, 0.25) is 0 Å². The molecule has 0 radical (unpaired) electrons. The van der Waals surface area contributed by atoms with Crippen molar-refractivity contribution in [1.29, 1.82) is 0 Å². The third kappa shape index (κ3) is 2.70. The molecule has 0 aliphatic carbocycles. The van der Waals surface area contributed by atoms with E-state index in [-0.39, 0.29) is 17.9 Å². The maximum absolute atomic E-state index is 12.2. The minimum atomic E-state index is -0.136. The quantitative estimate of drug-likeness (QED) is 0.577. The maximum atomic E-state index is 12.2. The number of rotatable bonds is 6. The van der Waals surface area contributed by atoms with Gasteiger partial charge in [0.05, 0.1) is 11.1 Å². The van der Waals surface area contributed by atoms with Gasteiger partial charge < -0.3 is 0 Å². The van der Waals surface area contributed by atoms with Gasteiger partial charge in [-0.05, 0) is 25.5 Å². The lowest BCUT2D eigenvalue weighted by Gasteiger charge is -2.22. The Kier molecular flexibility index (Phi) is 4.35. The minimum Gasteiger partial charge on any atom is -0.272 e. The molecule has 0 saturated heterocycles. The molecule has 0 fully saturated rings. The first-order valence-corrected chi connectivity index (χ1v) is 7.13. The lowest BCUT2D eigenvalue weighted by Crippen LogP contribution is -2.37. The first kappa shape index (κ1) is 13.8. The summed E-state index contributed by atoms with van der Waals surface area (Å²) in [6.45, 7) is 4.14. The van der Waals surface area contributed by atoms with Gasteiger partial charge in [-0.2, -0.15) is 0 Å². The van der Waals surface area contributed by atoms with Crippen LogP contribution in [0.1, 0.15) is 66.7 Å². The smallest absolute Gasteiger partial charge is 0.261 e. The fourth-order valence-electron chi connectivity index (χ4n) is 2.60. The van der Waals surface area contributed by atoms with Crippen LogP contribution in [0.25, 0.3) is 0 Å². The van der Waals surface area contributed by atoms with Crippen molar-refractivity contribution >= 4 is 11.8 Å². The van der Waals surface area contributed by atoms with Gasteiger partial charge in [0.1, 0.15) is 0 Å². The van der Waals surface area contributed by atoms with Gasteiger partial charge in [-0.15, -0.1) is 0 Å². The van der Waals surface area contributed by atoms with Gasteiger partial charge in [0.25, 0.3) is 11.8 Å². The van der Waals surface area contributed by atoms with Crippen molar-refractivity contribution in [2.45, 2.75) is 52.0 Å². The lowest BCUT2D eigenvalue weighted by atomic mass is 10.1. The number of nitrogens with zero attached hydrogens (tertiary/aromatic N) is 1. The Hall–Kier alpha value is -1.64. The molecule has 1 aromatic rings. The van der Waals surface area contributed by atoms with Gasteiger partial charge in [-0.1, -0.05) is 44.7 Å². The largest absolute Gasteiger partial charge is 0.272 e. The fraction of sp³-hybridized carbons (Fsp3) is 0.500. The maximum Gasteiger partial charge on any atom is 0.261 e. The molecule has 1 aliphatic heterocycles. The second kappa shape index (κ2) is 6.00. The number of carbonyl (C=O) groups is 2. The number of imide groups is 1. The van der Waals surface area contributed by atoms with Crippen LogP contribution in [0.5, 0.6) is 0 Å². The van der Waals surface area contributed by atoms with Gasteiger partial charge in [-0.25, -0.2) is 0 Å². The van der Waals surface area contributed by atoms with Crippen LogP contribution in [0.2, 0.25) is 0 Å². The van der Waals surface area contributed by atoms with Crippen molar-refractivity contribution in [2.24, 2.45) is 0 Å². The molecule has 102 valence electrons. The predicted octanol–water partition coefficient (Wildman–Crippen LogP) is 3.64. The van der Waals surface area contributed by atoms with Crippen molar-refractivity contribution in [1.82, 2.24) is 4.90 Å². The van der Waals surface area contributed by atoms with Crippen LogP contribution in [0.3, 0.4) is 0 Å². The Balaban J connectivity index is 2.03. The van der Waals surface area contributed by atoms with Crippen molar-refractivity contribution < 1.29 is 9.59 Å². The summed E-state index contributed by atoms with van der Waals surface area (Å²) in [5.74, 6) is -0.271. The third-order valence-corrected chi connectivity index (χ3v) is 3.74. The molecule has 2 rings (SSSR count). The molecule has 1 heterocycles. The summed E-state index contributed by atoms with van der Waals surface area (Å²) in [6.07, 6.45) is 5.55. The molecular weight excluding hydrogens is 238 g/mol. The highest BCUT2D eigenvalue weighted by molar-refractivity contribution is 6.21. The molecule has 3 heteroatoms.